The lowest BCUT2D eigenvalue weighted by atomic mass is 9.87. The fourth-order valence-electron chi connectivity index (χ4n) is 2.75. The first-order valence-electron chi connectivity index (χ1n) is 8.47. The minimum absolute atomic E-state index is 0.00285. The zero-order valence-corrected chi connectivity index (χ0v) is 16.1. The highest BCUT2D eigenvalue weighted by Gasteiger charge is 2.29. The highest BCUT2D eigenvalue weighted by atomic mass is 32.3. The van der Waals surface area contributed by atoms with Gasteiger partial charge in [0.15, 0.2) is 0 Å². The van der Waals surface area contributed by atoms with Crippen molar-refractivity contribution in [2.75, 3.05) is 9.46 Å². The summed E-state index contributed by atoms with van der Waals surface area (Å²) in [7, 11) is -3.87. The maximum Gasteiger partial charge on any atom is 0.335 e. The fourth-order valence-corrected chi connectivity index (χ4v) is 5.80. The molecule has 0 atom stereocenters. The molecule has 0 amide bonds. The van der Waals surface area contributed by atoms with Gasteiger partial charge in [-0.05, 0) is 67.5 Å². The largest absolute Gasteiger partial charge is 0.478 e. The molecule has 3 rings (SSSR count). The van der Waals surface area contributed by atoms with Crippen molar-refractivity contribution in [2.45, 2.75) is 31.1 Å². The van der Waals surface area contributed by atoms with Gasteiger partial charge >= 0.3 is 5.97 Å². The van der Waals surface area contributed by atoms with Gasteiger partial charge in [-0.1, -0.05) is 30.7 Å². The Balaban J connectivity index is 1.98. The molecule has 1 fully saturated rings. The average Bonchev–Trinajstić information content (AvgIpc) is 2.57. The molecule has 2 aromatic rings. The van der Waals surface area contributed by atoms with E-state index in [0.29, 0.717) is 17.2 Å². The Morgan fingerprint density at radius 3 is 2.46 bits per heavy atom. The molecule has 0 bridgehead atoms. The number of aromatic carboxylic acids is 1. The van der Waals surface area contributed by atoms with Gasteiger partial charge in [0.05, 0.1) is 16.1 Å². The lowest BCUT2D eigenvalue weighted by molar-refractivity contribution is 0.0696. The van der Waals surface area contributed by atoms with Crippen LogP contribution in [0.1, 0.15) is 35.2 Å². The first kappa shape index (κ1) is 18.8. The van der Waals surface area contributed by atoms with Crippen molar-refractivity contribution in [2.24, 2.45) is 5.92 Å². The van der Waals surface area contributed by atoms with Crippen molar-refractivity contribution < 1.29 is 18.3 Å². The number of hydrogen-bond donors (Lipinski definition) is 1. The van der Waals surface area contributed by atoms with E-state index in [1.165, 1.54) is 40.3 Å². The number of sulfonamides is 1. The SMILES string of the molecule is Cc1ccc(S(=O)(=O)N(SCC2CCC2)c2ccccc2)cc1C(=O)O. The van der Waals surface area contributed by atoms with Crippen LogP contribution in [0.3, 0.4) is 0 Å². The molecule has 0 heterocycles. The van der Waals surface area contributed by atoms with E-state index in [0.717, 1.165) is 18.6 Å². The van der Waals surface area contributed by atoms with Crippen molar-refractivity contribution in [3.8, 4) is 0 Å². The first-order valence-corrected chi connectivity index (χ1v) is 10.8. The van der Waals surface area contributed by atoms with Gasteiger partial charge in [-0.25, -0.2) is 16.9 Å². The van der Waals surface area contributed by atoms with Crippen molar-refractivity contribution >= 4 is 33.6 Å². The van der Waals surface area contributed by atoms with E-state index in [1.54, 1.807) is 31.2 Å². The Hall–Kier alpha value is -1.99. The third kappa shape index (κ3) is 3.88. The average molecular weight is 392 g/mol. The topological polar surface area (TPSA) is 74.7 Å². The molecule has 0 unspecified atom stereocenters. The summed E-state index contributed by atoms with van der Waals surface area (Å²) in [6.45, 7) is 1.65. The van der Waals surface area contributed by atoms with Crippen LogP contribution in [0.25, 0.3) is 0 Å². The number of carboxylic acids is 1. The molecular weight excluding hydrogens is 370 g/mol. The van der Waals surface area contributed by atoms with Crippen LogP contribution in [0.2, 0.25) is 0 Å². The molecule has 0 spiro atoms. The molecule has 1 N–H and O–H groups in total. The quantitative estimate of drug-likeness (QED) is 0.711. The van der Waals surface area contributed by atoms with Crippen LogP contribution < -0.4 is 3.71 Å². The van der Waals surface area contributed by atoms with Crippen molar-refractivity contribution in [1.82, 2.24) is 0 Å². The van der Waals surface area contributed by atoms with E-state index in [-0.39, 0.29) is 10.5 Å². The van der Waals surface area contributed by atoms with Crippen LogP contribution in [-0.2, 0) is 10.0 Å². The molecule has 138 valence electrons. The monoisotopic (exact) mass is 391 g/mol. The van der Waals surface area contributed by atoms with Gasteiger partial charge in [0.1, 0.15) is 0 Å². The van der Waals surface area contributed by atoms with Gasteiger partial charge in [-0.2, -0.15) is 0 Å². The Bertz CT molecular complexity index is 893. The lowest BCUT2D eigenvalue weighted by Gasteiger charge is -2.29. The summed E-state index contributed by atoms with van der Waals surface area (Å²) in [6.07, 6.45) is 3.45. The van der Waals surface area contributed by atoms with Crippen LogP contribution in [-0.4, -0.2) is 25.2 Å². The second kappa shape index (κ2) is 7.72. The van der Waals surface area contributed by atoms with E-state index >= 15 is 0 Å². The van der Waals surface area contributed by atoms with Crippen LogP contribution in [0.5, 0.6) is 0 Å². The Kier molecular flexibility index (Phi) is 5.58. The predicted octanol–water partition coefficient (Wildman–Crippen LogP) is 4.34. The molecule has 7 heteroatoms. The van der Waals surface area contributed by atoms with Crippen LogP contribution in [0, 0.1) is 12.8 Å². The van der Waals surface area contributed by atoms with Gasteiger partial charge in [-0.3, -0.25) is 0 Å². The van der Waals surface area contributed by atoms with Gasteiger partial charge in [0.2, 0.25) is 0 Å². The molecule has 26 heavy (non-hydrogen) atoms. The maximum absolute atomic E-state index is 13.2. The van der Waals surface area contributed by atoms with E-state index in [9.17, 15) is 18.3 Å². The number of benzene rings is 2. The zero-order valence-electron chi connectivity index (χ0n) is 14.5. The molecule has 1 aliphatic carbocycles. The van der Waals surface area contributed by atoms with Gasteiger partial charge in [0.25, 0.3) is 10.0 Å². The summed E-state index contributed by atoms with van der Waals surface area (Å²) in [5.74, 6) is 0.133. The van der Waals surface area contributed by atoms with Crippen molar-refractivity contribution in [3.05, 3.63) is 59.7 Å². The summed E-state index contributed by atoms with van der Waals surface area (Å²) >= 11 is 1.28. The Morgan fingerprint density at radius 2 is 1.88 bits per heavy atom. The number of para-hydroxylation sites is 1. The number of hydrogen-bond acceptors (Lipinski definition) is 4. The fraction of sp³-hybridized carbons (Fsp3) is 0.316. The number of rotatable bonds is 7. The number of nitrogens with zero attached hydrogens (tertiary/aromatic N) is 1. The molecular formula is C19H21NO4S2. The smallest absolute Gasteiger partial charge is 0.335 e. The summed E-state index contributed by atoms with van der Waals surface area (Å²) < 4.78 is 27.8. The zero-order chi connectivity index (χ0) is 18.7. The third-order valence-electron chi connectivity index (χ3n) is 4.57. The summed E-state index contributed by atoms with van der Waals surface area (Å²) in [5.41, 5.74) is 1.10. The minimum atomic E-state index is -3.87. The van der Waals surface area contributed by atoms with Crippen molar-refractivity contribution in [1.29, 1.82) is 0 Å². The van der Waals surface area contributed by atoms with Crippen LogP contribution >= 0.6 is 11.9 Å². The summed E-state index contributed by atoms with van der Waals surface area (Å²) in [6, 6.07) is 13.2. The summed E-state index contributed by atoms with van der Waals surface area (Å²) in [4.78, 5) is 11.4. The molecule has 0 radical (unpaired) electrons. The number of carbonyl (C=O) groups is 1. The van der Waals surface area contributed by atoms with Crippen LogP contribution in [0.4, 0.5) is 5.69 Å². The highest BCUT2D eigenvalue weighted by molar-refractivity contribution is 8.14. The molecule has 0 aliphatic heterocycles. The lowest BCUT2D eigenvalue weighted by Crippen LogP contribution is -2.27. The van der Waals surface area contributed by atoms with Gasteiger partial charge < -0.3 is 5.11 Å². The number of carboxylic acid groups (broad SMARTS) is 1. The Morgan fingerprint density at radius 1 is 1.19 bits per heavy atom. The maximum atomic E-state index is 13.2. The van der Waals surface area contributed by atoms with Gasteiger partial charge in [-0.15, -0.1) is 0 Å². The Labute approximate surface area is 158 Å². The van der Waals surface area contributed by atoms with E-state index in [2.05, 4.69) is 0 Å². The highest BCUT2D eigenvalue weighted by Crippen LogP contribution is 2.36. The first-order chi connectivity index (χ1) is 12.4. The van der Waals surface area contributed by atoms with Crippen LogP contribution in [0.15, 0.2) is 53.4 Å². The molecule has 0 saturated heterocycles. The number of aryl methyl sites for hydroxylation is 1. The van der Waals surface area contributed by atoms with Crippen molar-refractivity contribution in [3.63, 3.8) is 0 Å². The summed E-state index contributed by atoms with van der Waals surface area (Å²) in [5, 5.41) is 9.31. The molecule has 0 aromatic heterocycles. The third-order valence-corrected chi connectivity index (χ3v) is 8.04. The molecule has 1 aliphatic rings. The number of anilines is 1. The predicted molar refractivity (Wildman–Crippen MR) is 104 cm³/mol. The normalized spacial score (nSPS) is 14.7. The van der Waals surface area contributed by atoms with E-state index in [4.69, 9.17) is 0 Å². The van der Waals surface area contributed by atoms with Gasteiger partial charge in [0, 0.05) is 5.75 Å². The molecule has 1 saturated carbocycles. The second-order valence-corrected chi connectivity index (χ2v) is 9.42. The molecule has 5 nitrogen and oxygen atoms in total. The molecule has 2 aromatic carbocycles. The standard InChI is InChI=1S/C19H21NO4S2/c1-14-10-11-17(12-18(14)19(21)22)26(23,24)20(16-8-3-2-4-9-16)25-13-15-6-5-7-15/h2-4,8-12,15H,5-7,13H2,1H3,(H,21,22). The second-order valence-electron chi connectivity index (χ2n) is 6.44. The minimum Gasteiger partial charge on any atom is -0.478 e. The van der Waals surface area contributed by atoms with E-state index in [1.807, 2.05) is 6.07 Å². The van der Waals surface area contributed by atoms with E-state index < -0.39 is 16.0 Å².